The molecular formula is C23H20N2O3S. The monoisotopic (exact) mass is 404 g/mol. The normalized spacial score (nSPS) is 10.7. The van der Waals surface area contributed by atoms with E-state index < -0.39 is 0 Å². The fourth-order valence-corrected chi connectivity index (χ4v) is 3.59. The molecule has 0 saturated carbocycles. The summed E-state index contributed by atoms with van der Waals surface area (Å²) in [4.78, 5) is 0. The number of para-hydroxylation sites is 1. The van der Waals surface area contributed by atoms with E-state index in [9.17, 15) is 5.11 Å². The van der Waals surface area contributed by atoms with E-state index in [1.54, 1.807) is 11.7 Å². The summed E-state index contributed by atoms with van der Waals surface area (Å²) in [7, 11) is 1.62. The van der Waals surface area contributed by atoms with E-state index >= 15 is 0 Å². The Morgan fingerprint density at radius 3 is 1.83 bits per heavy atom. The fourth-order valence-electron chi connectivity index (χ4n) is 3.15. The van der Waals surface area contributed by atoms with E-state index in [-0.39, 0.29) is 5.88 Å². The van der Waals surface area contributed by atoms with Crippen LogP contribution in [0.1, 0.15) is 5.69 Å². The van der Waals surface area contributed by atoms with Crippen LogP contribution in [0.2, 0.25) is 0 Å². The second-order valence-electron chi connectivity index (χ2n) is 6.47. The fraction of sp³-hybridized carbons (Fsp3) is 0.0870. The van der Waals surface area contributed by atoms with E-state index in [1.807, 2.05) is 90.4 Å². The Bertz CT molecular complexity index is 1180. The molecule has 1 aromatic heterocycles. The van der Waals surface area contributed by atoms with Crippen molar-refractivity contribution >= 4 is 12.2 Å². The van der Waals surface area contributed by atoms with Crippen LogP contribution in [0, 0.1) is 11.7 Å². The molecule has 0 fully saturated rings. The predicted octanol–water partition coefficient (Wildman–Crippen LogP) is 5.81. The molecule has 5 nitrogen and oxygen atoms in total. The van der Waals surface area contributed by atoms with Crippen molar-refractivity contribution in [3.63, 3.8) is 0 Å². The van der Waals surface area contributed by atoms with Crippen molar-refractivity contribution in [3.05, 3.63) is 89.3 Å². The first kappa shape index (κ1) is 18.8. The molecular weight excluding hydrogens is 384 g/mol. The molecule has 0 unspecified atom stereocenters. The maximum absolute atomic E-state index is 10.7. The van der Waals surface area contributed by atoms with E-state index in [0.29, 0.717) is 10.5 Å². The van der Waals surface area contributed by atoms with Crippen molar-refractivity contribution in [3.8, 4) is 34.5 Å². The number of hydrogen-bond donors (Lipinski definition) is 1. The van der Waals surface area contributed by atoms with E-state index in [2.05, 4.69) is 0 Å². The highest BCUT2D eigenvalue weighted by Crippen LogP contribution is 2.30. The SMILES string of the molecule is COc1ccc(-n2c(O)c(C)n(-c3ccc(Oc4ccccc4)cc3)c2=S)cc1. The van der Waals surface area contributed by atoms with Crippen molar-refractivity contribution in [2.24, 2.45) is 0 Å². The van der Waals surface area contributed by atoms with Crippen LogP contribution in [-0.4, -0.2) is 21.4 Å². The number of hydrogen-bond acceptors (Lipinski definition) is 4. The molecule has 0 aliphatic rings. The van der Waals surface area contributed by atoms with E-state index in [4.69, 9.17) is 21.7 Å². The maximum Gasteiger partial charge on any atom is 0.218 e. The lowest BCUT2D eigenvalue weighted by Crippen LogP contribution is -1.99. The lowest BCUT2D eigenvalue weighted by Gasteiger charge is -2.09. The van der Waals surface area contributed by atoms with Crippen LogP contribution in [0.5, 0.6) is 23.1 Å². The molecule has 0 aliphatic heterocycles. The Hall–Kier alpha value is -3.51. The van der Waals surface area contributed by atoms with E-state index in [1.165, 1.54) is 0 Å². The van der Waals surface area contributed by atoms with Crippen LogP contribution in [0.15, 0.2) is 78.9 Å². The van der Waals surface area contributed by atoms with Gasteiger partial charge in [0.25, 0.3) is 0 Å². The first-order chi connectivity index (χ1) is 14.1. The number of ether oxygens (including phenoxy) is 2. The summed E-state index contributed by atoms with van der Waals surface area (Å²) in [5, 5.41) is 10.7. The van der Waals surface area contributed by atoms with Gasteiger partial charge in [-0.1, -0.05) is 18.2 Å². The predicted molar refractivity (Wildman–Crippen MR) is 115 cm³/mol. The molecule has 0 spiro atoms. The standard InChI is InChI=1S/C23H20N2O3S/c1-16-22(26)25(18-8-12-19(27-2)13-9-18)23(29)24(16)17-10-14-21(15-11-17)28-20-6-4-3-5-7-20/h3-15,26H,1-2H3. The molecule has 4 rings (SSSR count). The molecule has 146 valence electrons. The van der Waals surface area contributed by atoms with Crippen LogP contribution in [-0.2, 0) is 0 Å². The van der Waals surface area contributed by atoms with Crippen LogP contribution in [0.25, 0.3) is 11.4 Å². The van der Waals surface area contributed by atoms with Gasteiger partial charge in [0.15, 0.2) is 4.77 Å². The molecule has 4 aromatic rings. The molecule has 0 aliphatic carbocycles. The number of imidazole rings is 1. The number of aromatic nitrogens is 2. The molecule has 0 bridgehead atoms. The maximum atomic E-state index is 10.7. The van der Waals surface area contributed by atoms with Gasteiger partial charge in [0.1, 0.15) is 17.2 Å². The number of methoxy groups -OCH3 is 1. The lowest BCUT2D eigenvalue weighted by atomic mass is 10.3. The minimum absolute atomic E-state index is 0.102. The van der Waals surface area contributed by atoms with Gasteiger partial charge in [0.2, 0.25) is 5.88 Å². The van der Waals surface area contributed by atoms with Gasteiger partial charge in [-0.15, -0.1) is 0 Å². The number of nitrogens with zero attached hydrogens (tertiary/aromatic N) is 2. The third kappa shape index (κ3) is 3.62. The molecule has 6 heteroatoms. The van der Waals surface area contributed by atoms with E-state index in [0.717, 1.165) is 28.6 Å². The number of benzene rings is 3. The van der Waals surface area contributed by atoms with Gasteiger partial charge < -0.3 is 14.6 Å². The quantitative estimate of drug-likeness (QED) is 0.426. The Kier molecular flexibility index (Phi) is 5.10. The molecule has 0 radical (unpaired) electrons. The van der Waals surface area contributed by atoms with Gasteiger partial charge in [-0.25, -0.2) is 0 Å². The molecule has 29 heavy (non-hydrogen) atoms. The molecule has 0 atom stereocenters. The van der Waals surface area contributed by atoms with Crippen molar-refractivity contribution in [1.29, 1.82) is 0 Å². The second kappa shape index (κ2) is 7.85. The minimum atomic E-state index is 0.102. The van der Waals surface area contributed by atoms with Crippen molar-refractivity contribution in [2.75, 3.05) is 7.11 Å². The topological polar surface area (TPSA) is 48.5 Å². The highest BCUT2D eigenvalue weighted by atomic mass is 32.1. The Balaban J connectivity index is 1.69. The zero-order chi connectivity index (χ0) is 20.4. The smallest absolute Gasteiger partial charge is 0.218 e. The third-order valence-electron chi connectivity index (χ3n) is 4.66. The van der Waals surface area contributed by atoms with Crippen molar-refractivity contribution < 1.29 is 14.6 Å². The van der Waals surface area contributed by atoms with Gasteiger partial charge in [0.05, 0.1) is 18.5 Å². The largest absolute Gasteiger partial charge is 0.497 e. The summed E-state index contributed by atoms with van der Waals surface area (Å²) >= 11 is 5.67. The summed E-state index contributed by atoms with van der Waals surface area (Å²) in [5.41, 5.74) is 2.26. The summed E-state index contributed by atoms with van der Waals surface area (Å²) < 4.78 is 15.0. The summed E-state index contributed by atoms with van der Waals surface area (Å²) in [6, 6.07) is 24.6. The zero-order valence-corrected chi connectivity index (χ0v) is 16.9. The third-order valence-corrected chi connectivity index (χ3v) is 5.02. The molecule has 1 heterocycles. The lowest BCUT2D eigenvalue weighted by molar-refractivity contribution is 0.414. The molecule has 0 amide bonds. The van der Waals surface area contributed by atoms with Gasteiger partial charge in [-0.3, -0.25) is 9.13 Å². The first-order valence-electron chi connectivity index (χ1n) is 9.09. The highest BCUT2D eigenvalue weighted by Gasteiger charge is 2.16. The molecule has 1 N–H and O–H groups in total. The van der Waals surface area contributed by atoms with Gasteiger partial charge in [-0.05, 0) is 79.8 Å². The first-order valence-corrected chi connectivity index (χ1v) is 9.50. The van der Waals surface area contributed by atoms with Crippen molar-refractivity contribution in [2.45, 2.75) is 6.92 Å². The van der Waals surface area contributed by atoms with Crippen molar-refractivity contribution in [1.82, 2.24) is 9.13 Å². The number of rotatable bonds is 5. The van der Waals surface area contributed by atoms with Crippen LogP contribution in [0.3, 0.4) is 0 Å². The minimum Gasteiger partial charge on any atom is -0.497 e. The Morgan fingerprint density at radius 2 is 1.24 bits per heavy atom. The van der Waals surface area contributed by atoms with Crippen LogP contribution >= 0.6 is 12.2 Å². The van der Waals surface area contributed by atoms with Gasteiger partial charge >= 0.3 is 0 Å². The summed E-state index contributed by atoms with van der Waals surface area (Å²) in [5.74, 6) is 2.34. The average Bonchev–Trinajstić information content (AvgIpc) is 2.98. The summed E-state index contributed by atoms with van der Waals surface area (Å²) in [6.45, 7) is 1.83. The molecule has 3 aromatic carbocycles. The zero-order valence-electron chi connectivity index (χ0n) is 16.1. The highest BCUT2D eigenvalue weighted by molar-refractivity contribution is 7.71. The summed E-state index contributed by atoms with van der Waals surface area (Å²) in [6.07, 6.45) is 0. The van der Waals surface area contributed by atoms with Gasteiger partial charge in [-0.2, -0.15) is 0 Å². The Labute approximate surface area is 174 Å². The number of aromatic hydroxyl groups is 1. The molecule has 0 saturated heterocycles. The average molecular weight is 404 g/mol. The Morgan fingerprint density at radius 1 is 0.724 bits per heavy atom. The van der Waals surface area contributed by atoms with Crippen LogP contribution in [0.4, 0.5) is 0 Å². The van der Waals surface area contributed by atoms with Gasteiger partial charge in [0, 0.05) is 5.69 Å². The van der Waals surface area contributed by atoms with Crippen LogP contribution < -0.4 is 9.47 Å². The second-order valence-corrected chi connectivity index (χ2v) is 6.83.